The van der Waals surface area contributed by atoms with Crippen LogP contribution in [0, 0.1) is 5.92 Å². The molecule has 8 heteroatoms. The Balaban J connectivity index is 1.75. The number of hydrogen-bond donors (Lipinski definition) is 1. The average molecular weight is 377 g/mol. The fourth-order valence-corrected chi connectivity index (χ4v) is 4.00. The normalized spacial score (nSPS) is 20.9. The number of anilines is 1. The second kappa shape index (κ2) is 8.67. The molecule has 1 aromatic rings. The Kier molecular flexibility index (Phi) is 6.28. The fourth-order valence-electron chi connectivity index (χ4n) is 4.00. The summed E-state index contributed by atoms with van der Waals surface area (Å²) in [5, 5.41) is 2.68. The molecule has 0 unspecified atom stereocenters. The van der Waals surface area contributed by atoms with Crippen LogP contribution in [0.15, 0.2) is 16.9 Å². The minimum Gasteiger partial charge on any atom is -0.384 e. The van der Waals surface area contributed by atoms with E-state index in [2.05, 4.69) is 5.32 Å². The van der Waals surface area contributed by atoms with Gasteiger partial charge in [-0.05, 0) is 24.5 Å². The predicted molar refractivity (Wildman–Crippen MR) is 99.7 cm³/mol. The van der Waals surface area contributed by atoms with Gasteiger partial charge in [0.05, 0.1) is 26.1 Å². The van der Waals surface area contributed by atoms with Crippen LogP contribution >= 0.6 is 0 Å². The summed E-state index contributed by atoms with van der Waals surface area (Å²) in [6.45, 7) is 2.59. The monoisotopic (exact) mass is 377 g/mol. The number of nitrogens with one attached hydrogen (secondary N) is 1. The minimum absolute atomic E-state index is 0.101. The first-order valence-corrected chi connectivity index (χ1v) is 9.32. The third-order valence-electron chi connectivity index (χ3n) is 5.28. The van der Waals surface area contributed by atoms with Gasteiger partial charge in [0.2, 0.25) is 11.8 Å². The second-order valence-electron chi connectivity index (χ2n) is 7.22. The molecule has 0 radical (unpaired) electrons. The molecule has 3 rings (SSSR count). The number of nitrogens with zero attached hydrogens (tertiary/aromatic N) is 2. The van der Waals surface area contributed by atoms with Crippen molar-refractivity contribution in [2.45, 2.75) is 31.7 Å². The van der Waals surface area contributed by atoms with Gasteiger partial charge in [-0.3, -0.25) is 14.4 Å². The Hall–Kier alpha value is -2.19. The van der Waals surface area contributed by atoms with Crippen molar-refractivity contribution in [1.29, 1.82) is 0 Å². The molecule has 0 saturated carbocycles. The lowest BCUT2D eigenvalue weighted by atomic mass is 9.83. The maximum atomic E-state index is 12.8. The molecule has 2 aliphatic heterocycles. The molecule has 27 heavy (non-hydrogen) atoms. The van der Waals surface area contributed by atoms with Gasteiger partial charge in [0.15, 0.2) is 0 Å². The third kappa shape index (κ3) is 4.39. The quantitative estimate of drug-likeness (QED) is 0.759. The van der Waals surface area contributed by atoms with E-state index in [1.807, 2.05) is 11.0 Å². The smallest absolute Gasteiger partial charge is 0.274 e. The SMILES string of the molecule is COCCC(=O)Nc1ccc2n(c1=O)C[C@@H]1C[C@@H]2CN(C(=O)CCOC)C1. The molecule has 1 saturated heterocycles. The summed E-state index contributed by atoms with van der Waals surface area (Å²) in [5.74, 6) is 0.264. The maximum absolute atomic E-state index is 12.8. The number of methoxy groups -OCH3 is 2. The van der Waals surface area contributed by atoms with E-state index in [9.17, 15) is 14.4 Å². The number of carbonyl (C=O) groups excluding carboxylic acids is 2. The predicted octanol–water partition coefficient (Wildman–Crippen LogP) is 0.805. The number of aromatic nitrogens is 1. The maximum Gasteiger partial charge on any atom is 0.274 e. The van der Waals surface area contributed by atoms with E-state index >= 15 is 0 Å². The van der Waals surface area contributed by atoms with Crippen molar-refractivity contribution < 1.29 is 19.1 Å². The molecule has 0 spiro atoms. The van der Waals surface area contributed by atoms with Gasteiger partial charge in [0.1, 0.15) is 5.69 Å². The van der Waals surface area contributed by atoms with E-state index in [-0.39, 0.29) is 35.6 Å². The molecule has 0 aromatic carbocycles. The topological polar surface area (TPSA) is 89.9 Å². The van der Waals surface area contributed by atoms with E-state index in [0.717, 1.165) is 12.1 Å². The molecule has 1 N–H and O–H groups in total. The van der Waals surface area contributed by atoms with Gasteiger partial charge < -0.3 is 24.3 Å². The van der Waals surface area contributed by atoms with Gasteiger partial charge in [-0.2, -0.15) is 0 Å². The summed E-state index contributed by atoms with van der Waals surface area (Å²) < 4.78 is 11.7. The first kappa shape index (κ1) is 19.6. The highest BCUT2D eigenvalue weighted by Crippen LogP contribution is 2.35. The highest BCUT2D eigenvalue weighted by Gasteiger charge is 2.36. The van der Waals surface area contributed by atoms with Crippen LogP contribution in [0.3, 0.4) is 0 Å². The van der Waals surface area contributed by atoms with E-state index in [0.29, 0.717) is 45.0 Å². The number of ether oxygens (including phenoxy) is 2. The van der Waals surface area contributed by atoms with Crippen LogP contribution in [0.2, 0.25) is 0 Å². The Bertz CT molecular complexity index is 760. The van der Waals surface area contributed by atoms with Crippen molar-refractivity contribution >= 4 is 17.5 Å². The van der Waals surface area contributed by atoms with Gasteiger partial charge in [-0.25, -0.2) is 0 Å². The van der Waals surface area contributed by atoms with Crippen molar-refractivity contribution in [2.75, 3.05) is 45.8 Å². The number of hydrogen-bond acceptors (Lipinski definition) is 5. The first-order valence-electron chi connectivity index (χ1n) is 9.32. The van der Waals surface area contributed by atoms with Crippen molar-refractivity contribution in [2.24, 2.45) is 5.92 Å². The summed E-state index contributed by atoms with van der Waals surface area (Å²) in [4.78, 5) is 39.0. The van der Waals surface area contributed by atoms with Crippen LogP contribution in [0.1, 0.15) is 30.9 Å². The molecule has 2 atom stereocenters. The van der Waals surface area contributed by atoms with Gasteiger partial charge in [0.25, 0.3) is 5.56 Å². The summed E-state index contributed by atoms with van der Waals surface area (Å²) in [5.41, 5.74) is 1.07. The second-order valence-corrected chi connectivity index (χ2v) is 7.22. The Morgan fingerprint density at radius 1 is 1.11 bits per heavy atom. The lowest BCUT2D eigenvalue weighted by molar-refractivity contribution is -0.134. The number of carbonyl (C=O) groups is 2. The van der Waals surface area contributed by atoms with Crippen LogP contribution < -0.4 is 10.9 Å². The number of pyridine rings is 1. The lowest BCUT2D eigenvalue weighted by Gasteiger charge is -2.43. The van der Waals surface area contributed by atoms with Crippen molar-refractivity contribution in [3.05, 3.63) is 28.2 Å². The summed E-state index contributed by atoms with van der Waals surface area (Å²) >= 11 is 0. The average Bonchev–Trinajstić information content (AvgIpc) is 2.66. The van der Waals surface area contributed by atoms with Crippen LogP contribution in [-0.2, 0) is 25.6 Å². The largest absolute Gasteiger partial charge is 0.384 e. The molecule has 8 nitrogen and oxygen atoms in total. The van der Waals surface area contributed by atoms with Gasteiger partial charge in [-0.1, -0.05) is 0 Å². The third-order valence-corrected chi connectivity index (χ3v) is 5.28. The van der Waals surface area contributed by atoms with E-state index in [1.165, 1.54) is 7.11 Å². The summed E-state index contributed by atoms with van der Waals surface area (Å²) in [7, 11) is 3.12. The van der Waals surface area contributed by atoms with Gasteiger partial charge in [-0.15, -0.1) is 0 Å². The highest BCUT2D eigenvalue weighted by atomic mass is 16.5. The molecule has 2 amide bonds. The zero-order chi connectivity index (χ0) is 19.4. The number of likely N-dealkylation sites (tertiary alicyclic amines) is 1. The summed E-state index contributed by atoms with van der Waals surface area (Å²) in [6, 6.07) is 3.57. The molecule has 1 fully saturated rings. The first-order chi connectivity index (χ1) is 13.0. The Morgan fingerprint density at radius 3 is 2.59 bits per heavy atom. The molecule has 2 aliphatic rings. The fraction of sp³-hybridized carbons (Fsp3) is 0.632. The van der Waals surface area contributed by atoms with Crippen LogP contribution in [0.4, 0.5) is 5.69 Å². The summed E-state index contributed by atoms with van der Waals surface area (Å²) in [6.07, 6.45) is 1.57. The Morgan fingerprint density at radius 2 is 1.85 bits per heavy atom. The van der Waals surface area contributed by atoms with Crippen molar-refractivity contribution in [1.82, 2.24) is 9.47 Å². The van der Waals surface area contributed by atoms with E-state index < -0.39 is 0 Å². The van der Waals surface area contributed by atoms with Crippen LogP contribution in [0.5, 0.6) is 0 Å². The van der Waals surface area contributed by atoms with Crippen LogP contribution in [-0.4, -0.2) is 61.8 Å². The molecular formula is C19H27N3O5. The van der Waals surface area contributed by atoms with Crippen LogP contribution in [0.25, 0.3) is 0 Å². The molecular weight excluding hydrogens is 350 g/mol. The standard InChI is InChI=1S/C19H27N3O5/c1-26-7-5-17(23)20-15-3-4-16-14-9-13(11-22(16)19(15)25)10-21(12-14)18(24)6-8-27-2/h3-4,13-14H,5-12H2,1-2H3,(H,20,23)/t13-,14-/m1/s1. The van der Waals surface area contributed by atoms with Gasteiger partial charge >= 0.3 is 0 Å². The number of amides is 2. The lowest BCUT2D eigenvalue weighted by Crippen LogP contribution is -2.49. The molecule has 0 aliphatic carbocycles. The van der Waals surface area contributed by atoms with Crippen molar-refractivity contribution in [3.63, 3.8) is 0 Å². The zero-order valence-electron chi connectivity index (χ0n) is 15.9. The Labute approximate surface area is 158 Å². The van der Waals surface area contributed by atoms with Gasteiger partial charge in [0, 0.05) is 45.5 Å². The molecule has 3 heterocycles. The molecule has 1 aromatic heterocycles. The molecule has 2 bridgehead atoms. The zero-order valence-corrected chi connectivity index (χ0v) is 15.9. The van der Waals surface area contributed by atoms with E-state index in [4.69, 9.17) is 9.47 Å². The minimum atomic E-state index is -0.236. The van der Waals surface area contributed by atoms with E-state index in [1.54, 1.807) is 17.7 Å². The molecule has 148 valence electrons. The number of rotatable bonds is 7. The highest BCUT2D eigenvalue weighted by molar-refractivity contribution is 5.90. The number of piperidine rings is 1. The number of fused-ring (bicyclic) bond motifs is 4. The van der Waals surface area contributed by atoms with Crippen molar-refractivity contribution in [3.8, 4) is 0 Å².